The quantitative estimate of drug-likeness (QED) is 0.834. The minimum Gasteiger partial charge on any atom is -0.324 e. The molecule has 94 valence electrons. The Hall–Kier alpha value is -1.02. The molecule has 3 heteroatoms. The zero-order valence-electron chi connectivity index (χ0n) is 10.2. The molecular weight excluding hydrogens is 265 g/mol. The summed E-state index contributed by atoms with van der Waals surface area (Å²) in [6.45, 7) is 2.08. The summed E-state index contributed by atoms with van der Waals surface area (Å²) in [7, 11) is 0. The monoisotopic (exact) mass is 279 g/mol. The molecule has 2 aromatic rings. The molecular formula is C15H15Cl2N. The van der Waals surface area contributed by atoms with Gasteiger partial charge in [-0.05, 0) is 29.7 Å². The summed E-state index contributed by atoms with van der Waals surface area (Å²) in [6.07, 6.45) is 0.932. The maximum absolute atomic E-state index is 6.18. The number of rotatable bonds is 3. The van der Waals surface area contributed by atoms with Crippen molar-refractivity contribution in [3.8, 4) is 11.1 Å². The van der Waals surface area contributed by atoms with Crippen LogP contribution in [0.4, 0.5) is 0 Å². The lowest BCUT2D eigenvalue weighted by molar-refractivity contribution is 0.699. The second-order valence-corrected chi connectivity index (χ2v) is 5.10. The van der Waals surface area contributed by atoms with Gasteiger partial charge in [-0.3, -0.25) is 0 Å². The van der Waals surface area contributed by atoms with Crippen molar-refractivity contribution in [2.24, 2.45) is 5.73 Å². The van der Waals surface area contributed by atoms with Gasteiger partial charge in [0.2, 0.25) is 0 Å². The Morgan fingerprint density at radius 1 is 1.06 bits per heavy atom. The maximum Gasteiger partial charge on any atom is 0.0499 e. The standard InChI is InChI=1S/C15H15Cl2N/c1-2-15(18)11-5-3-10(4-6-11)13-8-7-12(16)9-14(13)17/h3-9,15H,2,18H2,1H3. The van der Waals surface area contributed by atoms with Crippen molar-refractivity contribution in [1.82, 2.24) is 0 Å². The highest BCUT2D eigenvalue weighted by atomic mass is 35.5. The molecule has 0 heterocycles. The summed E-state index contributed by atoms with van der Waals surface area (Å²) < 4.78 is 0. The highest BCUT2D eigenvalue weighted by Crippen LogP contribution is 2.30. The smallest absolute Gasteiger partial charge is 0.0499 e. The average molecular weight is 280 g/mol. The highest BCUT2D eigenvalue weighted by Gasteiger charge is 2.06. The Morgan fingerprint density at radius 2 is 1.72 bits per heavy atom. The van der Waals surface area contributed by atoms with Crippen LogP contribution < -0.4 is 5.73 Å². The van der Waals surface area contributed by atoms with Gasteiger partial charge in [-0.1, -0.05) is 60.5 Å². The van der Waals surface area contributed by atoms with Gasteiger partial charge in [-0.25, -0.2) is 0 Å². The topological polar surface area (TPSA) is 26.0 Å². The van der Waals surface area contributed by atoms with Gasteiger partial charge >= 0.3 is 0 Å². The highest BCUT2D eigenvalue weighted by molar-refractivity contribution is 6.36. The van der Waals surface area contributed by atoms with E-state index in [9.17, 15) is 0 Å². The molecule has 0 bridgehead atoms. The van der Waals surface area contributed by atoms with E-state index in [1.54, 1.807) is 6.07 Å². The molecule has 0 saturated carbocycles. The van der Waals surface area contributed by atoms with Gasteiger partial charge < -0.3 is 5.73 Å². The van der Waals surface area contributed by atoms with Gasteiger partial charge in [-0.2, -0.15) is 0 Å². The van der Waals surface area contributed by atoms with E-state index in [2.05, 4.69) is 19.1 Å². The third-order valence-electron chi connectivity index (χ3n) is 3.02. The summed E-state index contributed by atoms with van der Waals surface area (Å²) in [5.74, 6) is 0. The first-order chi connectivity index (χ1) is 8.61. The summed E-state index contributed by atoms with van der Waals surface area (Å²) >= 11 is 12.1. The van der Waals surface area contributed by atoms with Gasteiger partial charge in [0.15, 0.2) is 0 Å². The maximum atomic E-state index is 6.18. The van der Waals surface area contributed by atoms with Crippen molar-refractivity contribution in [2.45, 2.75) is 19.4 Å². The summed E-state index contributed by atoms with van der Waals surface area (Å²) in [5.41, 5.74) is 9.19. The first kappa shape index (κ1) is 13.4. The Labute approximate surface area is 118 Å². The molecule has 0 saturated heterocycles. The molecule has 2 rings (SSSR count). The second kappa shape index (κ2) is 5.75. The van der Waals surface area contributed by atoms with Crippen LogP contribution in [0.5, 0.6) is 0 Å². The molecule has 1 nitrogen and oxygen atoms in total. The Morgan fingerprint density at radius 3 is 2.28 bits per heavy atom. The minimum atomic E-state index is 0.0970. The van der Waals surface area contributed by atoms with E-state index in [1.807, 2.05) is 24.3 Å². The van der Waals surface area contributed by atoms with Crippen LogP contribution in [0.1, 0.15) is 24.9 Å². The predicted molar refractivity (Wildman–Crippen MR) is 79.1 cm³/mol. The Kier molecular flexibility index (Phi) is 4.28. The molecule has 0 aliphatic carbocycles. The molecule has 0 amide bonds. The first-order valence-corrected chi connectivity index (χ1v) is 6.68. The zero-order chi connectivity index (χ0) is 13.1. The number of benzene rings is 2. The summed E-state index contributed by atoms with van der Waals surface area (Å²) in [6, 6.07) is 13.8. The van der Waals surface area contributed by atoms with Gasteiger partial charge in [0, 0.05) is 21.7 Å². The van der Waals surface area contributed by atoms with Crippen LogP contribution in [0, 0.1) is 0 Å². The van der Waals surface area contributed by atoms with Crippen LogP contribution in [0.15, 0.2) is 42.5 Å². The van der Waals surface area contributed by atoms with Crippen LogP contribution >= 0.6 is 23.2 Å². The molecule has 1 unspecified atom stereocenters. The van der Waals surface area contributed by atoms with Crippen molar-refractivity contribution < 1.29 is 0 Å². The third kappa shape index (κ3) is 2.86. The van der Waals surface area contributed by atoms with E-state index in [1.165, 1.54) is 0 Å². The molecule has 0 radical (unpaired) electrons. The van der Waals surface area contributed by atoms with Gasteiger partial charge in [0.05, 0.1) is 0 Å². The average Bonchev–Trinajstić information content (AvgIpc) is 2.38. The zero-order valence-corrected chi connectivity index (χ0v) is 11.7. The molecule has 0 aliphatic rings. The lowest BCUT2D eigenvalue weighted by Crippen LogP contribution is -2.08. The lowest BCUT2D eigenvalue weighted by Gasteiger charge is -2.10. The molecule has 0 fully saturated rings. The fourth-order valence-electron chi connectivity index (χ4n) is 1.87. The van der Waals surface area contributed by atoms with Crippen molar-refractivity contribution in [2.75, 3.05) is 0 Å². The van der Waals surface area contributed by atoms with Crippen LogP contribution in [-0.4, -0.2) is 0 Å². The molecule has 1 atom stereocenters. The summed E-state index contributed by atoms with van der Waals surface area (Å²) in [4.78, 5) is 0. The Balaban J connectivity index is 2.34. The Bertz CT molecular complexity index is 535. The minimum absolute atomic E-state index is 0.0970. The molecule has 0 spiro atoms. The van der Waals surface area contributed by atoms with E-state index in [4.69, 9.17) is 28.9 Å². The van der Waals surface area contributed by atoms with E-state index < -0.39 is 0 Å². The molecule has 2 aromatic carbocycles. The SMILES string of the molecule is CCC(N)c1ccc(-c2ccc(Cl)cc2Cl)cc1. The number of hydrogen-bond donors (Lipinski definition) is 1. The lowest BCUT2D eigenvalue weighted by atomic mass is 10.00. The third-order valence-corrected chi connectivity index (χ3v) is 3.57. The van der Waals surface area contributed by atoms with E-state index in [-0.39, 0.29) is 6.04 Å². The summed E-state index contributed by atoms with van der Waals surface area (Å²) in [5, 5.41) is 1.31. The van der Waals surface area contributed by atoms with Crippen molar-refractivity contribution >= 4 is 23.2 Å². The van der Waals surface area contributed by atoms with Crippen LogP contribution in [0.2, 0.25) is 10.0 Å². The van der Waals surface area contributed by atoms with E-state index in [0.717, 1.165) is 23.1 Å². The van der Waals surface area contributed by atoms with Crippen LogP contribution in [0.25, 0.3) is 11.1 Å². The van der Waals surface area contributed by atoms with Crippen molar-refractivity contribution in [3.05, 3.63) is 58.1 Å². The largest absolute Gasteiger partial charge is 0.324 e. The molecule has 18 heavy (non-hydrogen) atoms. The van der Waals surface area contributed by atoms with Gasteiger partial charge in [0.25, 0.3) is 0 Å². The van der Waals surface area contributed by atoms with Gasteiger partial charge in [-0.15, -0.1) is 0 Å². The first-order valence-electron chi connectivity index (χ1n) is 5.92. The number of hydrogen-bond acceptors (Lipinski definition) is 1. The molecule has 2 N–H and O–H groups in total. The normalized spacial score (nSPS) is 12.4. The second-order valence-electron chi connectivity index (χ2n) is 4.26. The molecule has 0 aliphatic heterocycles. The van der Waals surface area contributed by atoms with E-state index >= 15 is 0 Å². The fourth-order valence-corrected chi connectivity index (χ4v) is 2.39. The fraction of sp³-hybridized carbons (Fsp3) is 0.200. The number of nitrogens with two attached hydrogens (primary N) is 1. The van der Waals surface area contributed by atoms with Crippen molar-refractivity contribution in [1.29, 1.82) is 0 Å². The van der Waals surface area contributed by atoms with Crippen LogP contribution in [-0.2, 0) is 0 Å². The van der Waals surface area contributed by atoms with Crippen LogP contribution in [0.3, 0.4) is 0 Å². The van der Waals surface area contributed by atoms with E-state index in [0.29, 0.717) is 10.0 Å². The number of halogens is 2. The predicted octanol–water partition coefficient (Wildman–Crippen LogP) is 5.07. The molecule has 0 aromatic heterocycles. The van der Waals surface area contributed by atoms with Gasteiger partial charge in [0.1, 0.15) is 0 Å². The van der Waals surface area contributed by atoms with Crippen molar-refractivity contribution in [3.63, 3.8) is 0 Å².